The Kier molecular flexibility index (Phi) is 10.4. The van der Waals surface area contributed by atoms with E-state index in [1.54, 1.807) is 13.2 Å². The highest BCUT2D eigenvalue weighted by molar-refractivity contribution is 5.98. The Morgan fingerprint density at radius 2 is 1.61 bits per heavy atom. The van der Waals surface area contributed by atoms with Crippen LogP contribution >= 0.6 is 0 Å². The van der Waals surface area contributed by atoms with Crippen LogP contribution in [0.25, 0.3) is 0 Å². The summed E-state index contributed by atoms with van der Waals surface area (Å²) < 4.78 is 32.3. The number of Topliss-reactive ketones (excluding diaryl/α,β-unsaturated/α-hetero) is 1. The second kappa shape index (κ2) is 12.7. The van der Waals surface area contributed by atoms with Crippen molar-refractivity contribution >= 4 is 5.78 Å². The Morgan fingerprint density at radius 3 is 2.21 bits per heavy atom. The number of hydrogen-bond acceptors (Lipinski definition) is 4. The van der Waals surface area contributed by atoms with Gasteiger partial charge in [-0.05, 0) is 54.4 Å². The van der Waals surface area contributed by atoms with Crippen LogP contribution in [0.15, 0.2) is 36.4 Å². The van der Waals surface area contributed by atoms with Crippen LogP contribution in [0.2, 0.25) is 0 Å². The standard InChI is InChI=1S/C28H39FO4/c1-18(2)12-25(30)23-16-24(29)21(15-27(23)32-7)13-20(5)14-28(33-17-19(3)4)22-10-8-9-11-26(22)31-6/h8-11,15-16,18-20,28H,12-14,17H2,1-7H3/t20?,28-/m0/s1. The molecule has 5 heteroatoms. The second-order valence-corrected chi connectivity index (χ2v) is 9.67. The summed E-state index contributed by atoms with van der Waals surface area (Å²) in [7, 11) is 3.18. The molecule has 2 aromatic rings. The van der Waals surface area contributed by atoms with E-state index >= 15 is 0 Å². The maximum atomic E-state index is 15.0. The summed E-state index contributed by atoms with van der Waals surface area (Å²) in [6.07, 6.45) is 1.43. The van der Waals surface area contributed by atoms with Gasteiger partial charge in [0, 0.05) is 18.6 Å². The van der Waals surface area contributed by atoms with Crippen LogP contribution < -0.4 is 9.47 Å². The summed E-state index contributed by atoms with van der Waals surface area (Å²) in [5.74, 6) is 1.48. The smallest absolute Gasteiger partial charge is 0.166 e. The molecule has 2 atom stereocenters. The van der Waals surface area contributed by atoms with Crippen molar-refractivity contribution in [2.24, 2.45) is 17.8 Å². The molecule has 0 radical (unpaired) electrons. The molecule has 0 saturated heterocycles. The maximum absolute atomic E-state index is 15.0. The van der Waals surface area contributed by atoms with Gasteiger partial charge in [0.2, 0.25) is 0 Å². The molecule has 4 nitrogen and oxygen atoms in total. The van der Waals surface area contributed by atoms with Gasteiger partial charge in [-0.15, -0.1) is 0 Å². The first-order valence-corrected chi connectivity index (χ1v) is 11.8. The average molecular weight is 459 g/mol. The van der Waals surface area contributed by atoms with Crippen LogP contribution in [-0.2, 0) is 11.2 Å². The second-order valence-electron chi connectivity index (χ2n) is 9.67. The normalized spacial score (nSPS) is 13.3. The van der Waals surface area contributed by atoms with Crippen molar-refractivity contribution in [3.63, 3.8) is 0 Å². The van der Waals surface area contributed by atoms with Gasteiger partial charge in [-0.3, -0.25) is 4.79 Å². The van der Waals surface area contributed by atoms with Crippen molar-refractivity contribution in [3.05, 3.63) is 58.9 Å². The summed E-state index contributed by atoms with van der Waals surface area (Å²) in [5, 5.41) is 0. The zero-order chi connectivity index (χ0) is 24.5. The van der Waals surface area contributed by atoms with Crippen molar-refractivity contribution in [2.75, 3.05) is 20.8 Å². The number of methoxy groups -OCH3 is 2. The fraction of sp³-hybridized carbons (Fsp3) is 0.536. The lowest BCUT2D eigenvalue weighted by atomic mass is 9.90. The number of hydrogen-bond donors (Lipinski definition) is 0. The molecule has 0 N–H and O–H groups in total. The third-order valence-corrected chi connectivity index (χ3v) is 5.56. The SMILES string of the molecule is COc1cc(CC(C)C[C@H](OCC(C)C)c2ccccc2OC)c(F)cc1C(=O)CC(C)C. The van der Waals surface area contributed by atoms with Crippen LogP contribution in [-0.4, -0.2) is 26.6 Å². The molecule has 2 rings (SSSR count). The van der Waals surface area contributed by atoms with E-state index in [0.29, 0.717) is 48.7 Å². The maximum Gasteiger partial charge on any atom is 0.166 e. The molecule has 0 saturated carbocycles. The molecule has 2 aromatic carbocycles. The lowest BCUT2D eigenvalue weighted by Crippen LogP contribution is -2.15. The number of para-hydroxylation sites is 1. The first-order valence-electron chi connectivity index (χ1n) is 11.8. The number of rotatable bonds is 13. The monoisotopic (exact) mass is 458 g/mol. The van der Waals surface area contributed by atoms with Gasteiger partial charge >= 0.3 is 0 Å². The highest BCUT2D eigenvalue weighted by Crippen LogP contribution is 2.34. The number of halogens is 1. The minimum atomic E-state index is -0.369. The van der Waals surface area contributed by atoms with Crippen LogP contribution in [0.1, 0.15) is 75.0 Å². The van der Waals surface area contributed by atoms with E-state index in [1.165, 1.54) is 13.2 Å². The van der Waals surface area contributed by atoms with Crippen LogP contribution in [0, 0.1) is 23.6 Å². The van der Waals surface area contributed by atoms with E-state index in [9.17, 15) is 9.18 Å². The Balaban J connectivity index is 2.23. The summed E-state index contributed by atoms with van der Waals surface area (Å²) in [6, 6.07) is 10.9. The van der Waals surface area contributed by atoms with Crippen molar-refractivity contribution < 1.29 is 23.4 Å². The number of carbonyl (C=O) groups is 1. The topological polar surface area (TPSA) is 44.8 Å². The van der Waals surface area contributed by atoms with E-state index in [2.05, 4.69) is 20.8 Å². The molecule has 1 unspecified atom stereocenters. The van der Waals surface area contributed by atoms with Gasteiger partial charge in [0.1, 0.15) is 17.3 Å². The van der Waals surface area contributed by atoms with Gasteiger partial charge < -0.3 is 14.2 Å². The molecule has 0 spiro atoms. The molecule has 0 fully saturated rings. The Bertz CT molecular complexity index is 907. The van der Waals surface area contributed by atoms with Gasteiger partial charge in [0.25, 0.3) is 0 Å². The van der Waals surface area contributed by atoms with E-state index in [4.69, 9.17) is 14.2 Å². The number of ketones is 1. The van der Waals surface area contributed by atoms with Crippen molar-refractivity contribution in [1.82, 2.24) is 0 Å². The first kappa shape index (κ1) is 26.8. The predicted octanol–water partition coefficient (Wildman–Crippen LogP) is 7.05. The highest BCUT2D eigenvalue weighted by atomic mass is 19.1. The lowest BCUT2D eigenvalue weighted by molar-refractivity contribution is 0.0193. The molecular formula is C28H39FO4. The third-order valence-electron chi connectivity index (χ3n) is 5.56. The van der Waals surface area contributed by atoms with Gasteiger partial charge in [0.05, 0.1) is 25.9 Å². The molecule has 0 heterocycles. The number of carbonyl (C=O) groups excluding carboxylic acids is 1. The van der Waals surface area contributed by atoms with Crippen molar-refractivity contribution in [2.45, 2.75) is 60.0 Å². The minimum absolute atomic E-state index is 0.0985. The molecule has 0 bridgehead atoms. The Hall–Kier alpha value is -2.40. The third kappa shape index (κ3) is 7.85. The summed E-state index contributed by atoms with van der Waals surface area (Å²) in [6.45, 7) is 10.9. The predicted molar refractivity (Wildman–Crippen MR) is 131 cm³/mol. The minimum Gasteiger partial charge on any atom is -0.496 e. The quantitative estimate of drug-likeness (QED) is 0.302. The summed E-state index contributed by atoms with van der Waals surface area (Å²) in [5.41, 5.74) is 1.86. The molecule has 0 amide bonds. The zero-order valence-corrected chi connectivity index (χ0v) is 21.1. The highest BCUT2D eigenvalue weighted by Gasteiger charge is 2.23. The molecule has 33 heavy (non-hydrogen) atoms. The van der Waals surface area contributed by atoms with Gasteiger partial charge in [-0.1, -0.05) is 52.8 Å². The van der Waals surface area contributed by atoms with E-state index in [0.717, 1.165) is 11.3 Å². The van der Waals surface area contributed by atoms with E-state index in [-0.39, 0.29) is 29.5 Å². The van der Waals surface area contributed by atoms with E-state index < -0.39 is 0 Å². The van der Waals surface area contributed by atoms with Crippen molar-refractivity contribution in [3.8, 4) is 11.5 Å². The Labute approximate surface area is 198 Å². The van der Waals surface area contributed by atoms with Gasteiger partial charge in [0.15, 0.2) is 5.78 Å². The molecule has 182 valence electrons. The molecule has 0 aromatic heterocycles. The van der Waals surface area contributed by atoms with Gasteiger partial charge in [-0.25, -0.2) is 4.39 Å². The van der Waals surface area contributed by atoms with Crippen LogP contribution in [0.3, 0.4) is 0 Å². The van der Waals surface area contributed by atoms with Crippen molar-refractivity contribution in [1.29, 1.82) is 0 Å². The number of benzene rings is 2. The van der Waals surface area contributed by atoms with E-state index in [1.807, 2.05) is 38.1 Å². The molecule has 0 aliphatic carbocycles. The van der Waals surface area contributed by atoms with Crippen LogP contribution in [0.4, 0.5) is 4.39 Å². The fourth-order valence-electron chi connectivity index (χ4n) is 3.97. The Morgan fingerprint density at radius 1 is 0.939 bits per heavy atom. The lowest BCUT2D eigenvalue weighted by Gasteiger charge is -2.25. The first-order chi connectivity index (χ1) is 15.7. The van der Waals surface area contributed by atoms with Crippen LogP contribution in [0.5, 0.6) is 11.5 Å². The summed E-state index contributed by atoms with van der Waals surface area (Å²) >= 11 is 0. The molecule has 0 aliphatic heterocycles. The average Bonchev–Trinajstić information content (AvgIpc) is 2.77. The summed E-state index contributed by atoms with van der Waals surface area (Å²) in [4.78, 5) is 12.5. The fourth-order valence-corrected chi connectivity index (χ4v) is 3.97. The number of ether oxygens (including phenoxy) is 3. The van der Waals surface area contributed by atoms with Gasteiger partial charge in [-0.2, -0.15) is 0 Å². The largest absolute Gasteiger partial charge is 0.496 e. The molecular weight excluding hydrogens is 419 g/mol. The molecule has 0 aliphatic rings. The zero-order valence-electron chi connectivity index (χ0n) is 21.1.